The topological polar surface area (TPSA) is 67.4 Å². The van der Waals surface area contributed by atoms with Crippen LogP contribution >= 0.6 is 0 Å². The molecule has 0 saturated carbocycles. The summed E-state index contributed by atoms with van der Waals surface area (Å²) in [6.45, 7) is 12.3. The number of carbonyl (C=O) groups is 1. The van der Waals surface area contributed by atoms with E-state index >= 15 is 0 Å². The van der Waals surface area contributed by atoms with Crippen LogP contribution in [0, 0.1) is 11.3 Å². The van der Waals surface area contributed by atoms with E-state index in [4.69, 9.17) is 4.74 Å². The number of anilines is 1. The van der Waals surface area contributed by atoms with Crippen molar-refractivity contribution in [2.24, 2.45) is 11.3 Å². The van der Waals surface area contributed by atoms with Gasteiger partial charge in [-0.3, -0.25) is 4.79 Å². The van der Waals surface area contributed by atoms with Crippen molar-refractivity contribution in [1.29, 1.82) is 0 Å². The highest BCUT2D eigenvalue weighted by molar-refractivity contribution is 5.81. The third kappa shape index (κ3) is 5.08. The van der Waals surface area contributed by atoms with Gasteiger partial charge in [-0.2, -0.15) is 0 Å². The maximum atomic E-state index is 12.1. The molecule has 1 fully saturated rings. The zero-order chi connectivity index (χ0) is 17.7. The normalized spacial score (nSPS) is 18.6. The van der Waals surface area contributed by atoms with E-state index in [0.717, 1.165) is 31.7 Å². The number of aromatic nitrogens is 2. The second kappa shape index (κ2) is 7.81. The van der Waals surface area contributed by atoms with Gasteiger partial charge in [0.25, 0.3) is 5.88 Å². The summed E-state index contributed by atoms with van der Waals surface area (Å²) in [5.41, 5.74) is -0.350. The van der Waals surface area contributed by atoms with Crippen LogP contribution in [-0.4, -0.2) is 41.6 Å². The third-order valence-electron chi connectivity index (χ3n) is 4.04. The van der Waals surface area contributed by atoms with Gasteiger partial charge in [0.05, 0.1) is 6.10 Å². The molecule has 0 spiro atoms. The lowest BCUT2D eigenvalue weighted by Gasteiger charge is -2.34. The number of carbonyl (C=O) groups excluding carboxylic acids is 1. The average molecular weight is 334 g/mol. The Balaban J connectivity index is 2.00. The first kappa shape index (κ1) is 18.5. The molecular weight excluding hydrogens is 304 g/mol. The van der Waals surface area contributed by atoms with Crippen molar-refractivity contribution in [2.45, 2.75) is 53.6 Å². The molecule has 0 bridgehead atoms. The monoisotopic (exact) mass is 334 g/mol. The molecule has 0 unspecified atom stereocenters. The summed E-state index contributed by atoms with van der Waals surface area (Å²) in [7, 11) is 0. The first-order chi connectivity index (χ1) is 11.3. The Kier molecular flexibility index (Phi) is 6.02. The summed E-state index contributed by atoms with van der Waals surface area (Å²) < 4.78 is 5.79. The SMILES string of the molecule is CC(C)Oc1nccnc1N1CCC[C@H](CNC(=O)C(C)(C)C)C1. The highest BCUT2D eigenvalue weighted by atomic mass is 16.5. The van der Waals surface area contributed by atoms with Gasteiger partial charge in [-0.1, -0.05) is 20.8 Å². The molecule has 6 heteroatoms. The summed E-state index contributed by atoms with van der Waals surface area (Å²) in [6.07, 6.45) is 5.61. The standard InChI is InChI=1S/C18H30N4O2/c1-13(2)24-16-15(19-8-9-20-16)22-10-6-7-14(12-22)11-21-17(23)18(3,4)5/h8-9,13-14H,6-7,10-12H2,1-5H3,(H,21,23)/t14-/m1/s1. The Labute approximate surface area is 145 Å². The van der Waals surface area contributed by atoms with E-state index in [1.165, 1.54) is 0 Å². The van der Waals surface area contributed by atoms with Gasteiger partial charge in [-0.05, 0) is 32.6 Å². The Hall–Kier alpha value is -1.85. The largest absolute Gasteiger partial charge is 0.472 e. The molecule has 0 aliphatic carbocycles. The minimum Gasteiger partial charge on any atom is -0.472 e. The van der Waals surface area contributed by atoms with Crippen LogP contribution < -0.4 is 15.0 Å². The van der Waals surface area contributed by atoms with Gasteiger partial charge in [0.2, 0.25) is 5.91 Å². The van der Waals surface area contributed by atoms with Crippen molar-refractivity contribution < 1.29 is 9.53 Å². The number of piperidine rings is 1. The van der Waals surface area contributed by atoms with Crippen molar-refractivity contribution >= 4 is 11.7 Å². The van der Waals surface area contributed by atoms with E-state index in [2.05, 4.69) is 20.2 Å². The molecule has 1 aliphatic rings. The number of nitrogens with one attached hydrogen (secondary N) is 1. The Morgan fingerprint density at radius 1 is 1.38 bits per heavy atom. The second-order valence-corrected chi connectivity index (χ2v) is 7.77. The van der Waals surface area contributed by atoms with Gasteiger partial charge in [0, 0.05) is 37.4 Å². The van der Waals surface area contributed by atoms with Crippen LogP contribution in [0.3, 0.4) is 0 Å². The Morgan fingerprint density at radius 3 is 2.75 bits per heavy atom. The zero-order valence-electron chi connectivity index (χ0n) is 15.5. The lowest BCUT2D eigenvalue weighted by molar-refractivity contribution is -0.128. The van der Waals surface area contributed by atoms with Crippen molar-refractivity contribution in [3.8, 4) is 5.88 Å². The molecule has 1 amide bonds. The number of amides is 1. The Bertz CT molecular complexity index is 554. The van der Waals surface area contributed by atoms with E-state index < -0.39 is 0 Å². The van der Waals surface area contributed by atoms with Crippen LogP contribution in [0.1, 0.15) is 47.5 Å². The fraction of sp³-hybridized carbons (Fsp3) is 0.722. The van der Waals surface area contributed by atoms with Gasteiger partial charge in [-0.15, -0.1) is 0 Å². The molecule has 1 saturated heterocycles. The molecule has 134 valence electrons. The van der Waals surface area contributed by atoms with E-state index in [1.807, 2.05) is 34.6 Å². The van der Waals surface area contributed by atoms with Crippen LogP contribution in [0.4, 0.5) is 5.82 Å². The fourth-order valence-electron chi connectivity index (χ4n) is 2.77. The minimum atomic E-state index is -0.350. The number of hydrogen-bond donors (Lipinski definition) is 1. The maximum Gasteiger partial charge on any atom is 0.257 e. The summed E-state index contributed by atoms with van der Waals surface area (Å²) in [5, 5.41) is 3.08. The zero-order valence-corrected chi connectivity index (χ0v) is 15.5. The van der Waals surface area contributed by atoms with Crippen molar-refractivity contribution in [3.05, 3.63) is 12.4 Å². The molecule has 1 aliphatic heterocycles. The van der Waals surface area contributed by atoms with Crippen molar-refractivity contribution in [2.75, 3.05) is 24.5 Å². The predicted molar refractivity (Wildman–Crippen MR) is 95.2 cm³/mol. The van der Waals surface area contributed by atoms with E-state index in [1.54, 1.807) is 12.4 Å². The third-order valence-corrected chi connectivity index (χ3v) is 4.04. The van der Waals surface area contributed by atoms with Gasteiger partial charge in [-0.25, -0.2) is 9.97 Å². The molecular formula is C18H30N4O2. The average Bonchev–Trinajstić information content (AvgIpc) is 2.52. The van der Waals surface area contributed by atoms with E-state index in [0.29, 0.717) is 18.3 Å². The summed E-state index contributed by atoms with van der Waals surface area (Å²) in [4.78, 5) is 23.1. The number of hydrogen-bond acceptors (Lipinski definition) is 5. The first-order valence-electron chi connectivity index (χ1n) is 8.78. The molecule has 2 rings (SSSR count). The number of nitrogens with zero attached hydrogens (tertiary/aromatic N) is 3. The lowest BCUT2D eigenvalue weighted by atomic mass is 9.94. The van der Waals surface area contributed by atoms with Crippen LogP contribution in [0.2, 0.25) is 0 Å². The molecule has 6 nitrogen and oxygen atoms in total. The number of ether oxygens (including phenoxy) is 1. The summed E-state index contributed by atoms with van der Waals surface area (Å²) in [6, 6.07) is 0. The quantitative estimate of drug-likeness (QED) is 0.896. The highest BCUT2D eigenvalue weighted by Crippen LogP contribution is 2.28. The lowest BCUT2D eigenvalue weighted by Crippen LogP contribution is -2.43. The predicted octanol–water partition coefficient (Wildman–Crippen LogP) is 2.64. The second-order valence-electron chi connectivity index (χ2n) is 7.77. The van der Waals surface area contributed by atoms with Crippen LogP contribution in [0.15, 0.2) is 12.4 Å². The van der Waals surface area contributed by atoms with Crippen LogP contribution in [-0.2, 0) is 4.79 Å². The molecule has 1 aromatic heterocycles. The molecule has 24 heavy (non-hydrogen) atoms. The van der Waals surface area contributed by atoms with Gasteiger partial charge in [0.15, 0.2) is 5.82 Å². The molecule has 0 radical (unpaired) electrons. The van der Waals surface area contributed by atoms with Crippen LogP contribution in [0.5, 0.6) is 5.88 Å². The van der Waals surface area contributed by atoms with E-state index in [-0.39, 0.29) is 17.4 Å². The fourth-order valence-corrected chi connectivity index (χ4v) is 2.77. The van der Waals surface area contributed by atoms with Gasteiger partial charge < -0.3 is 15.0 Å². The first-order valence-corrected chi connectivity index (χ1v) is 8.78. The molecule has 1 atom stereocenters. The van der Waals surface area contributed by atoms with Crippen molar-refractivity contribution in [3.63, 3.8) is 0 Å². The van der Waals surface area contributed by atoms with Gasteiger partial charge in [0.1, 0.15) is 0 Å². The summed E-state index contributed by atoms with van der Waals surface area (Å²) in [5.74, 6) is 1.91. The maximum absolute atomic E-state index is 12.1. The highest BCUT2D eigenvalue weighted by Gasteiger charge is 2.26. The minimum absolute atomic E-state index is 0.0621. The van der Waals surface area contributed by atoms with Crippen molar-refractivity contribution in [1.82, 2.24) is 15.3 Å². The van der Waals surface area contributed by atoms with E-state index in [9.17, 15) is 4.79 Å². The number of rotatable bonds is 5. The van der Waals surface area contributed by atoms with Gasteiger partial charge >= 0.3 is 0 Å². The molecule has 1 N–H and O–H groups in total. The van der Waals surface area contributed by atoms with Crippen LogP contribution in [0.25, 0.3) is 0 Å². The molecule has 1 aromatic rings. The summed E-state index contributed by atoms with van der Waals surface area (Å²) >= 11 is 0. The Morgan fingerprint density at radius 2 is 2.08 bits per heavy atom. The smallest absolute Gasteiger partial charge is 0.257 e. The molecule has 2 heterocycles. The molecule has 0 aromatic carbocycles.